The third-order valence-electron chi connectivity index (χ3n) is 4.77. The molecule has 0 aliphatic carbocycles. The first kappa shape index (κ1) is 18.1. The molecular formula is C18H17ClF3N5. The van der Waals surface area contributed by atoms with Crippen molar-refractivity contribution in [2.45, 2.75) is 25.1 Å². The molecule has 0 spiro atoms. The van der Waals surface area contributed by atoms with E-state index in [9.17, 15) is 13.2 Å². The third-order valence-corrected chi connectivity index (χ3v) is 4.96. The second kappa shape index (κ2) is 6.69. The van der Waals surface area contributed by atoms with Crippen LogP contribution in [-0.4, -0.2) is 34.4 Å². The standard InChI is InChI=1S/C18H17ClF3N5/c1-23-17(18(20,21)22)11-4-6-12(7-5-11)26-8-2-3-13-14(26)10-24-16-9-15(19)25-27(13)16/h4-7,9-10,17,23H,2-3,8H2,1H3/t17-/m0/s1. The molecule has 0 unspecified atom stereocenters. The third kappa shape index (κ3) is 3.23. The second-order valence-electron chi connectivity index (χ2n) is 6.44. The molecule has 4 rings (SSSR count). The van der Waals surface area contributed by atoms with E-state index in [1.165, 1.54) is 19.2 Å². The zero-order valence-corrected chi connectivity index (χ0v) is 15.2. The van der Waals surface area contributed by atoms with Gasteiger partial charge in [0.1, 0.15) is 6.04 Å². The Kier molecular flexibility index (Phi) is 4.47. The molecule has 3 heterocycles. The van der Waals surface area contributed by atoms with Crippen molar-refractivity contribution in [3.05, 3.63) is 52.9 Å². The van der Waals surface area contributed by atoms with Crippen LogP contribution in [0.2, 0.25) is 5.15 Å². The average molecular weight is 396 g/mol. The molecule has 142 valence electrons. The lowest BCUT2D eigenvalue weighted by molar-refractivity contribution is -0.156. The molecule has 0 amide bonds. The fourth-order valence-electron chi connectivity index (χ4n) is 3.56. The highest BCUT2D eigenvalue weighted by molar-refractivity contribution is 6.29. The number of nitrogens with zero attached hydrogens (tertiary/aromatic N) is 4. The maximum absolute atomic E-state index is 13.1. The topological polar surface area (TPSA) is 45.5 Å². The van der Waals surface area contributed by atoms with Crippen molar-refractivity contribution in [2.24, 2.45) is 0 Å². The number of anilines is 2. The van der Waals surface area contributed by atoms with Crippen LogP contribution in [0.25, 0.3) is 5.65 Å². The maximum atomic E-state index is 13.1. The van der Waals surface area contributed by atoms with Crippen LogP contribution in [-0.2, 0) is 6.42 Å². The van der Waals surface area contributed by atoms with E-state index in [0.717, 1.165) is 36.5 Å². The first-order valence-electron chi connectivity index (χ1n) is 8.53. The van der Waals surface area contributed by atoms with Crippen molar-refractivity contribution in [2.75, 3.05) is 18.5 Å². The Morgan fingerprint density at radius 3 is 2.63 bits per heavy atom. The molecule has 0 fully saturated rings. The summed E-state index contributed by atoms with van der Waals surface area (Å²) in [5.74, 6) is 0. The summed E-state index contributed by atoms with van der Waals surface area (Å²) in [6.45, 7) is 0.753. The van der Waals surface area contributed by atoms with Gasteiger partial charge in [-0.1, -0.05) is 23.7 Å². The van der Waals surface area contributed by atoms with Gasteiger partial charge in [-0.25, -0.2) is 9.50 Å². The van der Waals surface area contributed by atoms with E-state index in [1.54, 1.807) is 28.9 Å². The molecule has 0 saturated heterocycles. The van der Waals surface area contributed by atoms with Gasteiger partial charge in [-0.2, -0.15) is 18.3 Å². The van der Waals surface area contributed by atoms with Gasteiger partial charge < -0.3 is 10.2 Å². The van der Waals surface area contributed by atoms with Crippen LogP contribution < -0.4 is 10.2 Å². The summed E-state index contributed by atoms with van der Waals surface area (Å²) in [5.41, 5.74) is 3.56. The van der Waals surface area contributed by atoms with Crippen molar-refractivity contribution in [1.82, 2.24) is 19.9 Å². The van der Waals surface area contributed by atoms with E-state index >= 15 is 0 Å². The van der Waals surface area contributed by atoms with Crippen LogP contribution in [0.1, 0.15) is 23.7 Å². The molecule has 27 heavy (non-hydrogen) atoms. The second-order valence-corrected chi connectivity index (χ2v) is 6.82. The van der Waals surface area contributed by atoms with Crippen molar-refractivity contribution < 1.29 is 13.2 Å². The van der Waals surface area contributed by atoms with Crippen LogP contribution in [0.15, 0.2) is 36.5 Å². The molecule has 1 atom stereocenters. The molecule has 0 radical (unpaired) electrons. The van der Waals surface area contributed by atoms with Gasteiger partial charge in [-0.15, -0.1) is 0 Å². The molecule has 3 aromatic rings. The minimum absolute atomic E-state index is 0.179. The summed E-state index contributed by atoms with van der Waals surface area (Å²) in [6, 6.07) is 6.45. The van der Waals surface area contributed by atoms with Gasteiger partial charge in [-0.3, -0.25) is 0 Å². The molecule has 0 bridgehead atoms. The normalized spacial score (nSPS) is 15.8. The molecule has 2 aromatic heterocycles. The number of hydrogen-bond acceptors (Lipinski definition) is 4. The van der Waals surface area contributed by atoms with Gasteiger partial charge in [0.05, 0.1) is 17.6 Å². The molecular weight excluding hydrogens is 379 g/mol. The fourth-order valence-corrected chi connectivity index (χ4v) is 3.74. The monoisotopic (exact) mass is 395 g/mol. The fraction of sp³-hybridized carbons (Fsp3) is 0.333. The Balaban J connectivity index is 1.70. The van der Waals surface area contributed by atoms with E-state index in [-0.39, 0.29) is 5.56 Å². The summed E-state index contributed by atoms with van der Waals surface area (Å²) in [7, 11) is 1.30. The summed E-state index contributed by atoms with van der Waals surface area (Å²) in [5, 5.41) is 6.99. The zero-order chi connectivity index (χ0) is 19.2. The van der Waals surface area contributed by atoms with Crippen LogP contribution in [0.3, 0.4) is 0 Å². The van der Waals surface area contributed by atoms with E-state index in [1.807, 2.05) is 4.90 Å². The first-order chi connectivity index (χ1) is 12.9. The van der Waals surface area contributed by atoms with Crippen LogP contribution in [0.4, 0.5) is 24.5 Å². The molecule has 9 heteroatoms. The van der Waals surface area contributed by atoms with Crippen molar-refractivity contribution in [1.29, 1.82) is 0 Å². The Hall–Kier alpha value is -2.32. The van der Waals surface area contributed by atoms with Crippen LogP contribution >= 0.6 is 11.6 Å². The number of hydrogen-bond donors (Lipinski definition) is 1. The predicted molar refractivity (Wildman–Crippen MR) is 97.6 cm³/mol. The number of aryl methyl sites for hydroxylation is 1. The largest absolute Gasteiger partial charge is 0.407 e. The Morgan fingerprint density at radius 1 is 1.22 bits per heavy atom. The van der Waals surface area contributed by atoms with Gasteiger partial charge >= 0.3 is 6.18 Å². The molecule has 5 nitrogen and oxygen atoms in total. The number of fused-ring (bicyclic) bond motifs is 3. The SMILES string of the molecule is CN[C@@H](c1ccc(N2CCCc3c2cnc2cc(Cl)nn32)cc1)C(F)(F)F. The summed E-state index contributed by atoms with van der Waals surface area (Å²) in [6.07, 6.45) is -0.853. The first-order valence-corrected chi connectivity index (χ1v) is 8.91. The van der Waals surface area contributed by atoms with E-state index < -0.39 is 12.2 Å². The minimum atomic E-state index is -4.34. The molecule has 0 saturated carbocycles. The van der Waals surface area contributed by atoms with E-state index in [4.69, 9.17) is 11.6 Å². The van der Waals surface area contributed by atoms with Gasteiger partial charge in [0, 0.05) is 18.3 Å². The highest BCUT2D eigenvalue weighted by atomic mass is 35.5. The van der Waals surface area contributed by atoms with Crippen LogP contribution in [0.5, 0.6) is 0 Å². The molecule has 1 N–H and O–H groups in total. The summed E-state index contributed by atoms with van der Waals surface area (Å²) in [4.78, 5) is 6.45. The van der Waals surface area contributed by atoms with Gasteiger partial charge in [0.15, 0.2) is 10.8 Å². The molecule has 1 aromatic carbocycles. The van der Waals surface area contributed by atoms with Gasteiger partial charge in [0.25, 0.3) is 0 Å². The Morgan fingerprint density at radius 2 is 1.96 bits per heavy atom. The highest BCUT2D eigenvalue weighted by Gasteiger charge is 2.39. The van der Waals surface area contributed by atoms with Crippen molar-refractivity contribution in [3.8, 4) is 0 Å². The van der Waals surface area contributed by atoms with E-state index in [0.29, 0.717) is 10.8 Å². The minimum Gasteiger partial charge on any atom is -0.339 e. The number of nitrogens with one attached hydrogen (secondary N) is 1. The number of rotatable bonds is 3. The summed E-state index contributed by atoms with van der Waals surface area (Å²) < 4.78 is 41.1. The molecule has 1 aliphatic rings. The van der Waals surface area contributed by atoms with Gasteiger partial charge in [0.2, 0.25) is 0 Å². The summed E-state index contributed by atoms with van der Waals surface area (Å²) >= 11 is 5.99. The number of aromatic nitrogens is 3. The zero-order valence-electron chi connectivity index (χ0n) is 14.5. The smallest absolute Gasteiger partial charge is 0.339 e. The Labute approximate surface area is 158 Å². The lowest BCUT2D eigenvalue weighted by Gasteiger charge is -2.31. The van der Waals surface area contributed by atoms with Crippen LogP contribution in [0, 0.1) is 0 Å². The van der Waals surface area contributed by atoms with E-state index in [2.05, 4.69) is 15.4 Å². The van der Waals surface area contributed by atoms with Crippen molar-refractivity contribution in [3.63, 3.8) is 0 Å². The lowest BCUT2D eigenvalue weighted by Crippen LogP contribution is -2.31. The average Bonchev–Trinajstić information content (AvgIpc) is 3.02. The number of halogens is 4. The number of alkyl halides is 3. The predicted octanol–water partition coefficient (Wildman–Crippen LogP) is 4.29. The molecule has 1 aliphatic heterocycles. The lowest BCUT2D eigenvalue weighted by atomic mass is 10.0. The quantitative estimate of drug-likeness (QED) is 0.718. The Bertz CT molecular complexity index is 968. The highest BCUT2D eigenvalue weighted by Crippen LogP contribution is 2.36. The van der Waals surface area contributed by atoms with Crippen molar-refractivity contribution >= 4 is 28.6 Å². The number of benzene rings is 1. The van der Waals surface area contributed by atoms with Gasteiger partial charge in [-0.05, 0) is 37.6 Å². The maximum Gasteiger partial charge on any atom is 0.407 e.